The number of H-pyrrole nitrogens is 1. The number of aromatic nitrogens is 2. The zero-order valence-corrected chi connectivity index (χ0v) is 9.85. The van der Waals surface area contributed by atoms with Crippen LogP contribution >= 0.6 is 0 Å². The van der Waals surface area contributed by atoms with Crippen LogP contribution in [0, 0.1) is 6.92 Å². The molecule has 86 valence electrons. The number of nitrogens with two attached hydrogens (primary N) is 1. The minimum Gasteiger partial charge on any atom is -0.324 e. The largest absolute Gasteiger partial charge is 0.324 e. The predicted octanol–water partition coefficient (Wildman–Crippen LogP) is -0.266. The highest BCUT2D eigenvalue weighted by molar-refractivity contribution is 7.89. The van der Waals surface area contributed by atoms with E-state index in [1.54, 1.807) is 20.8 Å². The maximum absolute atomic E-state index is 11.7. The first kappa shape index (κ1) is 12.2. The van der Waals surface area contributed by atoms with Crippen LogP contribution in [0.3, 0.4) is 0 Å². The number of rotatable bonds is 4. The highest BCUT2D eigenvalue weighted by atomic mass is 32.2. The van der Waals surface area contributed by atoms with E-state index in [1.807, 2.05) is 0 Å². The quantitative estimate of drug-likeness (QED) is 0.665. The molecule has 1 aromatic rings. The number of nitrogens with zero attached hydrogens (tertiary/aromatic N) is 1. The fourth-order valence-electron chi connectivity index (χ4n) is 0.969. The smallest absolute Gasteiger partial charge is 0.244 e. The number of aryl methyl sites for hydroxylation is 1. The van der Waals surface area contributed by atoms with Gasteiger partial charge in [0.15, 0.2) is 0 Å². The Morgan fingerprint density at radius 1 is 1.60 bits per heavy atom. The third kappa shape index (κ3) is 3.29. The van der Waals surface area contributed by atoms with Crippen molar-refractivity contribution in [1.82, 2.24) is 14.9 Å². The highest BCUT2D eigenvalue weighted by Crippen LogP contribution is 2.10. The van der Waals surface area contributed by atoms with Gasteiger partial charge in [-0.2, -0.15) is 5.10 Å². The van der Waals surface area contributed by atoms with Gasteiger partial charge in [-0.25, -0.2) is 13.1 Å². The molecule has 0 atom stereocenters. The highest BCUT2D eigenvalue weighted by Gasteiger charge is 2.21. The molecule has 0 bridgehead atoms. The molecule has 0 aliphatic carbocycles. The van der Waals surface area contributed by atoms with Crippen molar-refractivity contribution in [1.29, 1.82) is 0 Å². The van der Waals surface area contributed by atoms with Gasteiger partial charge in [0, 0.05) is 12.1 Å². The van der Waals surface area contributed by atoms with Crippen LogP contribution in [0.1, 0.15) is 19.5 Å². The van der Waals surface area contributed by atoms with Crippen LogP contribution < -0.4 is 10.5 Å². The summed E-state index contributed by atoms with van der Waals surface area (Å²) in [6, 6.07) is 0. The molecule has 0 saturated carbocycles. The van der Waals surface area contributed by atoms with Crippen molar-refractivity contribution in [2.75, 3.05) is 6.54 Å². The number of aromatic amines is 1. The van der Waals surface area contributed by atoms with Gasteiger partial charge in [-0.1, -0.05) is 0 Å². The van der Waals surface area contributed by atoms with Crippen LogP contribution in [-0.2, 0) is 10.0 Å². The molecule has 15 heavy (non-hydrogen) atoms. The number of nitrogens with one attached hydrogen (secondary N) is 2. The van der Waals surface area contributed by atoms with Gasteiger partial charge in [0.25, 0.3) is 0 Å². The molecule has 0 radical (unpaired) electrons. The second-order valence-corrected chi connectivity index (χ2v) is 5.91. The standard InChI is InChI=1S/C8H16N4O2S/c1-6-7(4-10-12-6)15(13,14)11-5-8(2,3)9/h4,11H,5,9H2,1-3H3,(H,10,12). The van der Waals surface area contributed by atoms with Crippen molar-refractivity contribution < 1.29 is 8.42 Å². The molecule has 0 aromatic carbocycles. The van der Waals surface area contributed by atoms with E-state index in [0.717, 1.165) is 0 Å². The number of hydrogen-bond acceptors (Lipinski definition) is 4. The van der Waals surface area contributed by atoms with Crippen LogP contribution in [0.2, 0.25) is 0 Å². The molecule has 1 rings (SSSR count). The Hall–Kier alpha value is -0.920. The summed E-state index contributed by atoms with van der Waals surface area (Å²) in [7, 11) is -3.50. The van der Waals surface area contributed by atoms with Crippen LogP contribution in [-0.4, -0.2) is 30.7 Å². The normalized spacial score (nSPS) is 13.1. The van der Waals surface area contributed by atoms with E-state index in [-0.39, 0.29) is 11.4 Å². The van der Waals surface area contributed by atoms with Gasteiger partial charge in [-0.3, -0.25) is 5.10 Å². The van der Waals surface area contributed by atoms with Gasteiger partial charge in [-0.15, -0.1) is 0 Å². The Morgan fingerprint density at radius 3 is 2.60 bits per heavy atom. The molecule has 1 heterocycles. The summed E-state index contributed by atoms with van der Waals surface area (Å²) in [5.41, 5.74) is 5.62. The second kappa shape index (κ2) is 3.92. The lowest BCUT2D eigenvalue weighted by molar-refractivity contribution is 0.497. The van der Waals surface area contributed by atoms with Crippen molar-refractivity contribution in [2.24, 2.45) is 5.73 Å². The van der Waals surface area contributed by atoms with Crippen molar-refractivity contribution in [2.45, 2.75) is 31.2 Å². The summed E-state index contributed by atoms with van der Waals surface area (Å²) >= 11 is 0. The third-order valence-corrected chi connectivity index (χ3v) is 3.31. The van der Waals surface area contributed by atoms with Crippen LogP contribution in [0.25, 0.3) is 0 Å². The van der Waals surface area contributed by atoms with E-state index < -0.39 is 15.6 Å². The van der Waals surface area contributed by atoms with E-state index in [2.05, 4.69) is 14.9 Å². The van der Waals surface area contributed by atoms with Crippen LogP contribution in [0.15, 0.2) is 11.1 Å². The Kier molecular flexibility index (Phi) is 3.17. The third-order valence-electron chi connectivity index (χ3n) is 1.79. The lowest BCUT2D eigenvalue weighted by Crippen LogP contribution is -2.45. The van der Waals surface area contributed by atoms with Gasteiger partial charge < -0.3 is 5.73 Å². The monoisotopic (exact) mass is 232 g/mol. The van der Waals surface area contributed by atoms with Gasteiger partial charge in [-0.05, 0) is 20.8 Å². The first-order valence-corrected chi connectivity index (χ1v) is 5.99. The summed E-state index contributed by atoms with van der Waals surface area (Å²) in [4.78, 5) is 0.159. The molecule has 0 amide bonds. The molecule has 0 saturated heterocycles. The molecular formula is C8H16N4O2S. The first-order valence-electron chi connectivity index (χ1n) is 4.51. The second-order valence-electron chi connectivity index (χ2n) is 4.17. The minimum absolute atomic E-state index is 0.159. The van der Waals surface area contributed by atoms with E-state index in [0.29, 0.717) is 5.69 Å². The molecule has 1 aromatic heterocycles. The summed E-state index contributed by atoms with van der Waals surface area (Å²) < 4.78 is 25.9. The maximum Gasteiger partial charge on any atom is 0.244 e. The van der Waals surface area contributed by atoms with Gasteiger partial charge in [0.1, 0.15) is 4.90 Å². The molecule has 0 aliphatic heterocycles. The minimum atomic E-state index is -3.50. The fourth-order valence-corrected chi connectivity index (χ4v) is 2.33. The first-order chi connectivity index (χ1) is 6.72. The molecule has 6 nitrogen and oxygen atoms in total. The maximum atomic E-state index is 11.7. The molecule has 7 heteroatoms. The Balaban J connectivity index is 2.82. The number of hydrogen-bond donors (Lipinski definition) is 3. The SMILES string of the molecule is Cc1[nH]ncc1S(=O)(=O)NCC(C)(C)N. The Bertz CT molecular complexity index is 430. The van der Waals surface area contributed by atoms with E-state index in [1.165, 1.54) is 6.20 Å². The van der Waals surface area contributed by atoms with Gasteiger partial charge in [0.2, 0.25) is 10.0 Å². The average molecular weight is 232 g/mol. The Morgan fingerprint density at radius 2 is 2.20 bits per heavy atom. The van der Waals surface area contributed by atoms with E-state index in [9.17, 15) is 8.42 Å². The lowest BCUT2D eigenvalue weighted by Gasteiger charge is -2.18. The fraction of sp³-hybridized carbons (Fsp3) is 0.625. The van der Waals surface area contributed by atoms with Crippen molar-refractivity contribution in [3.8, 4) is 0 Å². The molecule has 0 spiro atoms. The van der Waals surface area contributed by atoms with E-state index in [4.69, 9.17) is 5.73 Å². The van der Waals surface area contributed by atoms with Crippen LogP contribution in [0.5, 0.6) is 0 Å². The molecule has 0 unspecified atom stereocenters. The number of sulfonamides is 1. The van der Waals surface area contributed by atoms with Crippen molar-refractivity contribution >= 4 is 10.0 Å². The molecule has 4 N–H and O–H groups in total. The Labute approximate surface area is 89.3 Å². The summed E-state index contributed by atoms with van der Waals surface area (Å²) in [5, 5.41) is 6.23. The summed E-state index contributed by atoms with van der Waals surface area (Å²) in [6.07, 6.45) is 1.28. The van der Waals surface area contributed by atoms with Crippen molar-refractivity contribution in [3.05, 3.63) is 11.9 Å². The summed E-state index contributed by atoms with van der Waals surface area (Å²) in [6.45, 7) is 5.32. The summed E-state index contributed by atoms with van der Waals surface area (Å²) in [5.74, 6) is 0. The van der Waals surface area contributed by atoms with Gasteiger partial charge in [0.05, 0.1) is 11.9 Å². The molecular weight excluding hydrogens is 216 g/mol. The van der Waals surface area contributed by atoms with Crippen LogP contribution in [0.4, 0.5) is 0 Å². The van der Waals surface area contributed by atoms with E-state index >= 15 is 0 Å². The van der Waals surface area contributed by atoms with Gasteiger partial charge >= 0.3 is 0 Å². The zero-order chi connectivity index (χ0) is 11.7. The topological polar surface area (TPSA) is 101 Å². The lowest BCUT2D eigenvalue weighted by atomic mass is 10.1. The zero-order valence-electron chi connectivity index (χ0n) is 9.03. The van der Waals surface area contributed by atoms with Crippen molar-refractivity contribution in [3.63, 3.8) is 0 Å². The molecule has 0 fully saturated rings. The average Bonchev–Trinajstić information content (AvgIpc) is 2.47. The molecule has 0 aliphatic rings. The predicted molar refractivity (Wildman–Crippen MR) is 56.8 cm³/mol.